The average molecular weight is 230 g/mol. The molecule has 15 heavy (non-hydrogen) atoms. The van der Waals surface area contributed by atoms with Gasteiger partial charge in [0.1, 0.15) is 5.82 Å². The smallest absolute Gasteiger partial charge is 0.288 e. The van der Waals surface area contributed by atoms with Gasteiger partial charge in [0.25, 0.3) is 5.84 Å². The minimum atomic E-state index is -3.59. The number of hydrogen-bond acceptors (Lipinski definition) is 3. The van der Waals surface area contributed by atoms with Crippen molar-refractivity contribution in [3.63, 3.8) is 0 Å². The molecule has 0 radical (unpaired) electrons. The molecule has 1 aromatic rings. The summed E-state index contributed by atoms with van der Waals surface area (Å²) in [5, 5.41) is 0. The van der Waals surface area contributed by atoms with Crippen LogP contribution in [0.4, 0.5) is 4.39 Å². The lowest BCUT2D eigenvalue weighted by Crippen LogP contribution is -2.76. The second-order valence-corrected chi connectivity index (χ2v) is 4.61. The van der Waals surface area contributed by atoms with E-state index in [1.807, 2.05) is 0 Å². The maximum Gasteiger partial charge on any atom is 0.371 e. The van der Waals surface area contributed by atoms with Gasteiger partial charge in [-0.25, -0.2) is 4.39 Å². The summed E-state index contributed by atoms with van der Waals surface area (Å²) in [7, 11) is -3.59. The number of hydrogen-bond donors (Lipinski definition) is 3. The SMILES string of the molecule is NC1=[NH+]S(=O)(=O)N[C@@H]1c1cccc(F)c1. The van der Waals surface area contributed by atoms with Gasteiger partial charge in [0.2, 0.25) is 0 Å². The molecule has 0 bridgehead atoms. The number of halogens is 1. The van der Waals surface area contributed by atoms with E-state index in [0.717, 1.165) is 0 Å². The minimum Gasteiger partial charge on any atom is -0.288 e. The van der Waals surface area contributed by atoms with Gasteiger partial charge in [-0.1, -0.05) is 12.1 Å². The molecular weight excluding hydrogens is 221 g/mol. The summed E-state index contributed by atoms with van der Waals surface area (Å²) in [5.41, 5.74) is 5.94. The van der Waals surface area contributed by atoms with Gasteiger partial charge >= 0.3 is 10.2 Å². The zero-order valence-corrected chi connectivity index (χ0v) is 8.38. The first kappa shape index (κ1) is 10.1. The summed E-state index contributed by atoms with van der Waals surface area (Å²) in [6, 6.07) is 4.87. The van der Waals surface area contributed by atoms with Gasteiger partial charge in [0, 0.05) is 0 Å². The van der Waals surface area contributed by atoms with Crippen LogP contribution in [0.3, 0.4) is 0 Å². The van der Waals surface area contributed by atoms with E-state index < -0.39 is 22.1 Å². The van der Waals surface area contributed by atoms with Crippen molar-refractivity contribution < 1.29 is 17.2 Å². The van der Waals surface area contributed by atoms with E-state index in [1.54, 1.807) is 6.07 Å². The molecule has 0 saturated carbocycles. The van der Waals surface area contributed by atoms with Crippen molar-refractivity contribution in [1.29, 1.82) is 0 Å². The Morgan fingerprint density at radius 2 is 2.20 bits per heavy atom. The fourth-order valence-electron chi connectivity index (χ4n) is 1.40. The highest BCUT2D eigenvalue weighted by molar-refractivity contribution is 7.83. The second-order valence-electron chi connectivity index (χ2n) is 3.17. The lowest BCUT2D eigenvalue weighted by atomic mass is 10.1. The van der Waals surface area contributed by atoms with E-state index >= 15 is 0 Å². The number of nitrogens with two attached hydrogens (primary N) is 1. The summed E-state index contributed by atoms with van der Waals surface area (Å²) < 4.78 is 39.4. The lowest BCUT2D eigenvalue weighted by Gasteiger charge is -2.05. The molecule has 1 atom stereocenters. The third-order valence-electron chi connectivity index (χ3n) is 2.02. The monoisotopic (exact) mass is 230 g/mol. The van der Waals surface area contributed by atoms with Crippen molar-refractivity contribution >= 4 is 16.0 Å². The third-order valence-corrected chi connectivity index (χ3v) is 3.07. The van der Waals surface area contributed by atoms with Crippen LogP contribution in [0, 0.1) is 5.82 Å². The summed E-state index contributed by atoms with van der Waals surface area (Å²) in [6.45, 7) is 0. The molecule has 1 aromatic carbocycles. The molecule has 1 aliphatic heterocycles. The summed E-state index contributed by atoms with van der Waals surface area (Å²) in [6.07, 6.45) is 0. The molecule has 0 amide bonds. The van der Waals surface area contributed by atoms with Gasteiger partial charge in [-0.15, -0.1) is 0 Å². The van der Waals surface area contributed by atoms with Crippen LogP contribution in [-0.2, 0) is 10.2 Å². The largest absolute Gasteiger partial charge is 0.371 e. The number of amidine groups is 1. The first-order chi connectivity index (χ1) is 6.98. The number of benzene rings is 1. The third kappa shape index (κ3) is 1.97. The van der Waals surface area contributed by atoms with Crippen LogP contribution in [-0.4, -0.2) is 14.3 Å². The van der Waals surface area contributed by atoms with E-state index in [2.05, 4.69) is 9.12 Å². The Bertz CT molecular complexity index is 526. The van der Waals surface area contributed by atoms with Gasteiger partial charge < -0.3 is 0 Å². The molecule has 80 valence electrons. The molecule has 1 heterocycles. The predicted molar refractivity (Wildman–Crippen MR) is 51.4 cm³/mol. The van der Waals surface area contributed by atoms with Crippen molar-refractivity contribution in [2.45, 2.75) is 6.04 Å². The quantitative estimate of drug-likeness (QED) is 0.529. The van der Waals surface area contributed by atoms with Gasteiger partial charge in [0.15, 0.2) is 6.04 Å². The van der Waals surface area contributed by atoms with Crippen LogP contribution in [0.2, 0.25) is 0 Å². The van der Waals surface area contributed by atoms with E-state index in [4.69, 9.17) is 5.73 Å². The van der Waals surface area contributed by atoms with Crippen LogP contribution in [0.5, 0.6) is 0 Å². The highest BCUT2D eigenvalue weighted by atomic mass is 32.2. The van der Waals surface area contributed by atoms with Gasteiger partial charge in [0.05, 0.1) is 0 Å². The molecule has 7 heteroatoms. The highest BCUT2D eigenvalue weighted by Crippen LogP contribution is 2.14. The summed E-state index contributed by atoms with van der Waals surface area (Å²) in [5.74, 6) is -0.396. The Morgan fingerprint density at radius 3 is 2.73 bits per heavy atom. The standard InChI is InChI=1S/C8H8FN3O2S/c9-6-3-1-2-5(4-6)7-8(10)12-15(13,14)11-7/h1-4,7,11H,(H2,10,12)/p+1/t7-/m1/s1. The Kier molecular flexibility index (Phi) is 2.20. The van der Waals surface area contributed by atoms with Crippen LogP contribution >= 0.6 is 0 Å². The first-order valence-electron chi connectivity index (χ1n) is 4.16. The Hall–Kier alpha value is -1.47. The van der Waals surface area contributed by atoms with E-state index in [1.165, 1.54) is 18.2 Å². The number of nitrogens with one attached hydrogen (secondary N) is 2. The molecule has 0 aliphatic carbocycles. The van der Waals surface area contributed by atoms with E-state index in [-0.39, 0.29) is 5.84 Å². The topological polar surface area (TPSA) is 86.2 Å². The van der Waals surface area contributed by atoms with Crippen molar-refractivity contribution in [1.82, 2.24) is 4.72 Å². The molecule has 0 unspecified atom stereocenters. The molecule has 0 saturated heterocycles. The molecule has 2 rings (SSSR count). The molecule has 0 spiro atoms. The predicted octanol–water partition coefficient (Wildman–Crippen LogP) is -1.85. The fraction of sp³-hybridized carbons (Fsp3) is 0.125. The maximum atomic E-state index is 12.9. The van der Waals surface area contributed by atoms with Gasteiger partial charge in [-0.05, 0) is 17.7 Å². The first-order valence-corrected chi connectivity index (χ1v) is 5.64. The minimum absolute atomic E-state index is 0.0422. The van der Waals surface area contributed by atoms with Gasteiger partial charge in [-0.3, -0.25) is 5.73 Å². The molecule has 1 aliphatic rings. The summed E-state index contributed by atoms with van der Waals surface area (Å²) >= 11 is 0. The van der Waals surface area contributed by atoms with Crippen molar-refractivity contribution in [2.24, 2.45) is 5.73 Å². The van der Waals surface area contributed by atoms with Crippen molar-refractivity contribution in [3.05, 3.63) is 35.6 Å². The Labute approximate surface area is 86.0 Å². The van der Waals surface area contributed by atoms with E-state index in [0.29, 0.717) is 5.56 Å². The molecular formula is C8H9FN3O2S+. The molecule has 0 aromatic heterocycles. The Balaban J connectivity index is 2.40. The van der Waals surface area contributed by atoms with Gasteiger partial charge in [-0.2, -0.15) is 17.5 Å². The molecule has 0 fully saturated rings. The molecule has 4 N–H and O–H groups in total. The van der Waals surface area contributed by atoms with Crippen molar-refractivity contribution in [2.75, 3.05) is 0 Å². The zero-order chi connectivity index (χ0) is 11.1. The van der Waals surface area contributed by atoms with Crippen LogP contribution < -0.4 is 14.9 Å². The average Bonchev–Trinajstić information content (AvgIpc) is 2.40. The maximum absolute atomic E-state index is 12.9. The van der Waals surface area contributed by atoms with E-state index in [9.17, 15) is 12.8 Å². The van der Waals surface area contributed by atoms with Crippen LogP contribution in [0.15, 0.2) is 24.3 Å². The Morgan fingerprint density at radius 1 is 1.47 bits per heavy atom. The summed E-state index contributed by atoms with van der Waals surface area (Å²) in [4.78, 5) is 0. The van der Waals surface area contributed by atoms with Crippen LogP contribution in [0.1, 0.15) is 11.6 Å². The highest BCUT2D eigenvalue weighted by Gasteiger charge is 2.34. The number of rotatable bonds is 1. The lowest BCUT2D eigenvalue weighted by molar-refractivity contribution is -0.265. The normalized spacial score (nSPS) is 23.8. The molecule has 5 nitrogen and oxygen atoms in total. The second kappa shape index (κ2) is 3.28. The zero-order valence-electron chi connectivity index (χ0n) is 7.57. The fourth-order valence-corrected chi connectivity index (χ4v) is 2.46. The van der Waals surface area contributed by atoms with Crippen molar-refractivity contribution in [3.8, 4) is 0 Å². The van der Waals surface area contributed by atoms with Crippen LogP contribution in [0.25, 0.3) is 0 Å².